The van der Waals surface area contributed by atoms with Crippen molar-refractivity contribution in [1.29, 1.82) is 0 Å². The molecule has 0 bridgehead atoms. The molecule has 0 aliphatic rings. The lowest BCUT2D eigenvalue weighted by Gasteiger charge is -2.20. The molecule has 1 atom stereocenters. The minimum atomic E-state index is -0.0506. The Morgan fingerprint density at radius 1 is 1.15 bits per heavy atom. The van der Waals surface area contributed by atoms with Gasteiger partial charge < -0.3 is 15.0 Å². The van der Waals surface area contributed by atoms with Crippen LogP contribution < -0.4 is 16.0 Å². The number of rotatable bonds is 6. The van der Waals surface area contributed by atoms with E-state index < -0.39 is 0 Å². The number of aryl methyl sites for hydroxylation is 1. The molecule has 2 aromatic heterocycles. The van der Waals surface area contributed by atoms with Gasteiger partial charge in [0.15, 0.2) is 0 Å². The molecule has 0 unspecified atom stereocenters. The Labute approximate surface area is 160 Å². The molecule has 3 rings (SSSR count). The molecule has 5 heteroatoms. The Balaban J connectivity index is 2.14. The SMILES string of the molecule is CC(C)C[C@H](N)COc1cc2c(cc1C(C)C)c1ccncc1c(=O)n2C. The highest BCUT2D eigenvalue weighted by Crippen LogP contribution is 2.33. The number of nitrogens with zero attached hydrogens (tertiary/aromatic N) is 2. The molecule has 0 aliphatic carbocycles. The Morgan fingerprint density at radius 2 is 1.89 bits per heavy atom. The van der Waals surface area contributed by atoms with Gasteiger partial charge in [-0.3, -0.25) is 9.78 Å². The molecule has 0 spiro atoms. The molecular weight excluding hydrogens is 338 g/mol. The van der Waals surface area contributed by atoms with Crippen molar-refractivity contribution in [3.63, 3.8) is 0 Å². The van der Waals surface area contributed by atoms with E-state index in [4.69, 9.17) is 10.5 Å². The second-order valence-electron chi connectivity index (χ2n) is 8.05. The number of hydrogen-bond donors (Lipinski definition) is 1. The number of benzene rings is 1. The molecule has 3 aromatic rings. The standard InChI is InChI=1S/C22H29N3O2/c1-13(2)8-15(23)12-27-21-10-20-18(9-17(21)14(3)4)16-6-7-24-11-19(16)22(26)25(20)5/h6-7,9-11,13-15H,8,12,23H2,1-5H3/t15-/m0/s1. The van der Waals surface area contributed by atoms with Gasteiger partial charge in [-0.25, -0.2) is 0 Å². The first-order chi connectivity index (χ1) is 12.8. The van der Waals surface area contributed by atoms with Crippen molar-refractivity contribution in [2.45, 2.75) is 46.1 Å². The molecule has 0 saturated carbocycles. The summed E-state index contributed by atoms with van der Waals surface area (Å²) in [6.07, 6.45) is 4.29. The summed E-state index contributed by atoms with van der Waals surface area (Å²) in [5, 5.41) is 2.60. The number of ether oxygens (including phenoxy) is 1. The molecule has 2 N–H and O–H groups in total. The Kier molecular flexibility index (Phi) is 5.51. The van der Waals surface area contributed by atoms with Gasteiger partial charge in [0.25, 0.3) is 5.56 Å². The second kappa shape index (κ2) is 7.69. The van der Waals surface area contributed by atoms with Gasteiger partial charge >= 0.3 is 0 Å². The van der Waals surface area contributed by atoms with Crippen LogP contribution in [-0.2, 0) is 7.05 Å². The minimum Gasteiger partial charge on any atom is -0.492 e. The maximum Gasteiger partial charge on any atom is 0.260 e. The van der Waals surface area contributed by atoms with Gasteiger partial charge in [0, 0.05) is 36.9 Å². The van der Waals surface area contributed by atoms with Crippen LogP contribution in [0.4, 0.5) is 0 Å². The molecule has 0 amide bonds. The fraction of sp³-hybridized carbons (Fsp3) is 0.455. The number of nitrogens with two attached hydrogens (primary N) is 1. The van der Waals surface area contributed by atoms with E-state index in [0.717, 1.165) is 34.0 Å². The number of aromatic nitrogens is 2. The van der Waals surface area contributed by atoms with Crippen LogP contribution in [0.1, 0.15) is 45.6 Å². The molecular formula is C22H29N3O2. The zero-order chi connectivity index (χ0) is 19.7. The predicted octanol–water partition coefficient (Wildman–Crippen LogP) is 3.96. The van der Waals surface area contributed by atoms with Crippen LogP contribution in [0, 0.1) is 5.92 Å². The van der Waals surface area contributed by atoms with Crippen LogP contribution in [0.25, 0.3) is 21.7 Å². The average molecular weight is 367 g/mol. The minimum absolute atomic E-state index is 0.00722. The maximum atomic E-state index is 12.7. The summed E-state index contributed by atoms with van der Waals surface area (Å²) in [6, 6.07) is 6.02. The number of hydrogen-bond acceptors (Lipinski definition) is 4. The van der Waals surface area contributed by atoms with Gasteiger partial charge in [-0.2, -0.15) is 0 Å². The van der Waals surface area contributed by atoms with Crippen molar-refractivity contribution in [2.75, 3.05) is 6.61 Å². The highest BCUT2D eigenvalue weighted by molar-refractivity contribution is 6.06. The maximum absolute atomic E-state index is 12.7. The molecule has 5 nitrogen and oxygen atoms in total. The van der Waals surface area contributed by atoms with E-state index in [1.807, 2.05) is 12.1 Å². The lowest BCUT2D eigenvalue weighted by molar-refractivity contribution is 0.268. The quantitative estimate of drug-likeness (QED) is 0.670. The Hall–Kier alpha value is -2.40. The third kappa shape index (κ3) is 3.83. The highest BCUT2D eigenvalue weighted by Gasteiger charge is 2.16. The summed E-state index contributed by atoms with van der Waals surface area (Å²) >= 11 is 0. The summed E-state index contributed by atoms with van der Waals surface area (Å²) in [7, 11) is 1.79. The van der Waals surface area contributed by atoms with E-state index in [9.17, 15) is 4.79 Å². The first-order valence-corrected chi connectivity index (χ1v) is 9.58. The van der Waals surface area contributed by atoms with Crippen molar-refractivity contribution in [3.05, 3.63) is 46.5 Å². The van der Waals surface area contributed by atoms with Gasteiger partial charge in [-0.15, -0.1) is 0 Å². The van der Waals surface area contributed by atoms with E-state index in [0.29, 0.717) is 23.8 Å². The molecule has 2 heterocycles. The van der Waals surface area contributed by atoms with Gasteiger partial charge in [0.05, 0.1) is 10.9 Å². The van der Waals surface area contributed by atoms with Gasteiger partial charge in [-0.1, -0.05) is 27.7 Å². The fourth-order valence-corrected chi connectivity index (χ4v) is 3.62. The highest BCUT2D eigenvalue weighted by atomic mass is 16.5. The number of fused-ring (bicyclic) bond motifs is 3. The summed E-state index contributed by atoms with van der Waals surface area (Å²) in [5.41, 5.74) is 8.13. The van der Waals surface area contributed by atoms with Crippen molar-refractivity contribution in [2.24, 2.45) is 18.7 Å². The molecule has 0 saturated heterocycles. The van der Waals surface area contributed by atoms with Crippen molar-refractivity contribution < 1.29 is 4.74 Å². The molecule has 0 fully saturated rings. The molecule has 0 aliphatic heterocycles. The smallest absolute Gasteiger partial charge is 0.260 e. The van der Waals surface area contributed by atoms with Gasteiger partial charge in [0.1, 0.15) is 12.4 Å². The summed E-state index contributed by atoms with van der Waals surface area (Å²) in [5.74, 6) is 1.63. The molecule has 144 valence electrons. The fourth-order valence-electron chi connectivity index (χ4n) is 3.62. The third-order valence-electron chi connectivity index (χ3n) is 4.98. The van der Waals surface area contributed by atoms with E-state index in [1.165, 1.54) is 0 Å². The monoisotopic (exact) mass is 367 g/mol. The van der Waals surface area contributed by atoms with Gasteiger partial charge in [-0.05, 0) is 41.3 Å². The van der Waals surface area contributed by atoms with E-state index in [2.05, 4.69) is 38.7 Å². The zero-order valence-corrected chi connectivity index (χ0v) is 16.8. The Bertz CT molecular complexity index is 1020. The van der Waals surface area contributed by atoms with Crippen LogP contribution in [0.5, 0.6) is 5.75 Å². The molecule has 1 aromatic carbocycles. The van der Waals surface area contributed by atoms with Crippen molar-refractivity contribution >= 4 is 21.7 Å². The van der Waals surface area contributed by atoms with Crippen LogP contribution >= 0.6 is 0 Å². The Morgan fingerprint density at radius 3 is 2.56 bits per heavy atom. The first kappa shape index (κ1) is 19.4. The zero-order valence-electron chi connectivity index (χ0n) is 16.8. The predicted molar refractivity (Wildman–Crippen MR) is 112 cm³/mol. The van der Waals surface area contributed by atoms with Crippen LogP contribution in [-0.4, -0.2) is 22.2 Å². The third-order valence-corrected chi connectivity index (χ3v) is 4.98. The summed E-state index contributed by atoms with van der Waals surface area (Å²) in [4.78, 5) is 16.8. The van der Waals surface area contributed by atoms with E-state index >= 15 is 0 Å². The summed E-state index contributed by atoms with van der Waals surface area (Å²) in [6.45, 7) is 9.08. The second-order valence-corrected chi connectivity index (χ2v) is 8.05. The van der Waals surface area contributed by atoms with Gasteiger partial charge in [0.2, 0.25) is 0 Å². The van der Waals surface area contributed by atoms with Crippen molar-refractivity contribution in [1.82, 2.24) is 9.55 Å². The molecule has 27 heavy (non-hydrogen) atoms. The van der Waals surface area contributed by atoms with E-state index in [-0.39, 0.29) is 11.6 Å². The number of pyridine rings is 2. The topological polar surface area (TPSA) is 70.1 Å². The van der Waals surface area contributed by atoms with Crippen LogP contribution in [0.2, 0.25) is 0 Å². The lowest BCUT2D eigenvalue weighted by atomic mass is 9.97. The normalized spacial score (nSPS) is 13.0. The van der Waals surface area contributed by atoms with E-state index in [1.54, 1.807) is 24.0 Å². The average Bonchev–Trinajstić information content (AvgIpc) is 2.63. The first-order valence-electron chi connectivity index (χ1n) is 9.58. The lowest BCUT2D eigenvalue weighted by Crippen LogP contribution is -2.29. The molecule has 0 radical (unpaired) electrons. The summed E-state index contributed by atoms with van der Waals surface area (Å²) < 4.78 is 7.79. The largest absolute Gasteiger partial charge is 0.492 e. The van der Waals surface area contributed by atoms with Crippen LogP contribution in [0.15, 0.2) is 35.4 Å². The van der Waals surface area contributed by atoms with Crippen molar-refractivity contribution in [3.8, 4) is 5.75 Å². The van der Waals surface area contributed by atoms with Crippen LogP contribution in [0.3, 0.4) is 0 Å².